The quantitative estimate of drug-likeness (QED) is 0.642. The standard InChI is InChI=1S/C6H12N4O/c1-3-5(11)4-6-7-8-9-10(6)2/h5,11H,3-4H2,1-2H3. The first-order valence-electron chi connectivity index (χ1n) is 3.63. The van der Waals surface area contributed by atoms with E-state index >= 15 is 0 Å². The third-order valence-corrected chi connectivity index (χ3v) is 1.60. The van der Waals surface area contributed by atoms with Gasteiger partial charge in [0.15, 0.2) is 5.82 Å². The molecule has 1 heterocycles. The molecule has 1 rings (SSSR count). The van der Waals surface area contributed by atoms with E-state index in [2.05, 4.69) is 15.5 Å². The van der Waals surface area contributed by atoms with Gasteiger partial charge in [-0.25, -0.2) is 4.68 Å². The van der Waals surface area contributed by atoms with E-state index < -0.39 is 0 Å². The molecule has 0 radical (unpaired) electrons. The minimum absolute atomic E-state index is 0.334. The van der Waals surface area contributed by atoms with Crippen LogP contribution in [0.15, 0.2) is 0 Å². The Labute approximate surface area is 65.0 Å². The maximum atomic E-state index is 9.25. The lowest BCUT2D eigenvalue weighted by Gasteiger charge is -2.04. The Kier molecular flexibility index (Phi) is 2.53. The van der Waals surface area contributed by atoms with Crippen molar-refractivity contribution in [3.05, 3.63) is 5.82 Å². The first-order chi connectivity index (χ1) is 5.24. The zero-order chi connectivity index (χ0) is 8.27. The molecule has 0 saturated heterocycles. The van der Waals surface area contributed by atoms with Crippen LogP contribution in [0.4, 0.5) is 0 Å². The predicted molar refractivity (Wildman–Crippen MR) is 38.8 cm³/mol. The van der Waals surface area contributed by atoms with Gasteiger partial charge in [0.05, 0.1) is 6.10 Å². The number of aryl methyl sites for hydroxylation is 1. The zero-order valence-corrected chi connectivity index (χ0v) is 6.73. The molecule has 62 valence electrons. The normalized spacial score (nSPS) is 13.4. The number of tetrazole rings is 1. The highest BCUT2D eigenvalue weighted by atomic mass is 16.3. The molecule has 1 unspecified atom stereocenters. The van der Waals surface area contributed by atoms with Crippen molar-refractivity contribution >= 4 is 0 Å². The van der Waals surface area contributed by atoms with Gasteiger partial charge in [-0.3, -0.25) is 0 Å². The molecule has 0 amide bonds. The van der Waals surface area contributed by atoms with Gasteiger partial charge in [-0.15, -0.1) is 5.10 Å². The molecule has 1 aromatic rings. The van der Waals surface area contributed by atoms with Crippen molar-refractivity contribution < 1.29 is 5.11 Å². The summed E-state index contributed by atoms with van der Waals surface area (Å²) in [6, 6.07) is 0. The smallest absolute Gasteiger partial charge is 0.153 e. The highest BCUT2D eigenvalue weighted by Gasteiger charge is 2.07. The highest BCUT2D eigenvalue weighted by Crippen LogP contribution is 1.98. The Morgan fingerprint density at radius 3 is 2.82 bits per heavy atom. The van der Waals surface area contributed by atoms with Gasteiger partial charge < -0.3 is 5.11 Å². The Bertz CT molecular complexity index is 222. The van der Waals surface area contributed by atoms with Crippen LogP contribution in [0.5, 0.6) is 0 Å². The monoisotopic (exact) mass is 156 g/mol. The fourth-order valence-electron chi connectivity index (χ4n) is 0.776. The summed E-state index contributed by atoms with van der Waals surface area (Å²) in [5, 5.41) is 20.1. The minimum Gasteiger partial charge on any atom is -0.393 e. The number of rotatable bonds is 3. The van der Waals surface area contributed by atoms with Crippen molar-refractivity contribution in [2.45, 2.75) is 25.9 Å². The minimum atomic E-state index is -0.334. The van der Waals surface area contributed by atoms with Crippen LogP contribution in [0, 0.1) is 0 Å². The fourth-order valence-corrected chi connectivity index (χ4v) is 0.776. The number of nitrogens with zero attached hydrogens (tertiary/aromatic N) is 4. The zero-order valence-electron chi connectivity index (χ0n) is 6.73. The van der Waals surface area contributed by atoms with E-state index in [9.17, 15) is 5.11 Å². The number of aliphatic hydroxyl groups excluding tert-OH is 1. The van der Waals surface area contributed by atoms with E-state index in [1.54, 1.807) is 11.7 Å². The van der Waals surface area contributed by atoms with Crippen LogP contribution in [0.2, 0.25) is 0 Å². The topological polar surface area (TPSA) is 63.8 Å². The maximum absolute atomic E-state index is 9.25. The van der Waals surface area contributed by atoms with Crippen LogP contribution in [0.1, 0.15) is 19.2 Å². The summed E-state index contributed by atoms with van der Waals surface area (Å²) in [7, 11) is 1.76. The van der Waals surface area contributed by atoms with Gasteiger partial charge in [0.25, 0.3) is 0 Å². The van der Waals surface area contributed by atoms with Gasteiger partial charge in [0, 0.05) is 13.5 Å². The van der Waals surface area contributed by atoms with Crippen LogP contribution >= 0.6 is 0 Å². The molecule has 0 saturated carbocycles. The molecule has 0 bridgehead atoms. The number of aromatic nitrogens is 4. The summed E-state index contributed by atoms with van der Waals surface area (Å²) in [5.41, 5.74) is 0. The molecule has 1 aromatic heterocycles. The summed E-state index contributed by atoms with van der Waals surface area (Å²) < 4.78 is 1.57. The van der Waals surface area contributed by atoms with Crippen LogP contribution in [-0.2, 0) is 13.5 Å². The molecule has 0 aliphatic rings. The lowest BCUT2D eigenvalue weighted by Crippen LogP contribution is -2.12. The predicted octanol–water partition coefficient (Wildman–Crippen LogP) is -0.477. The Morgan fingerprint density at radius 1 is 1.64 bits per heavy atom. The summed E-state index contributed by atoms with van der Waals surface area (Å²) >= 11 is 0. The largest absolute Gasteiger partial charge is 0.393 e. The van der Waals surface area contributed by atoms with Crippen LogP contribution in [0.25, 0.3) is 0 Å². The van der Waals surface area contributed by atoms with Gasteiger partial charge in [-0.1, -0.05) is 6.92 Å². The summed E-state index contributed by atoms with van der Waals surface area (Å²) in [6.45, 7) is 1.93. The van der Waals surface area contributed by atoms with E-state index in [0.717, 1.165) is 12.2 Å². The van der Waals surface area contributed by atoms with Crippen molar-refractivity contribution in [3.63, 3.8) is 0 Å². The number of aliphatic hydroxyl groups is 1. The molecular weight excluding hydrogens is 144 g/mol. The average molecular weight is 156 g/mol. The van der Waals surface area contributed by atoms with Gasteiger partial charge in [0.1, 0.15) is 0 Å². The highest BCUT2D eigenvalue weighted by molar-refractivity contribution is 4.82. The third kappa shape index (κ3) is 1.98. The van der Waals surface area contributed by atoms with E-state index in [-0.39, 0.29) is 6.10 Å². The van der Waals surface area contributed by atoms with Crippen molar-refractivity contribution in [1.29, 1.82) is 0 Å². The molecule has 0 aromatic carbocycles. The molecule has 0 aliphatic heterocycles. The number of hydrogen-bond acceptors (Lipinski definition) is 4. The average Bonchev–Trinajstić information content (AvgIpc) is 2.37. The van der Waals surface area contributed by atoms with Gasteiger partial charge in [-0.05, 0) is 16.8 Å². The van der Waals surface area contributed by atoms with Crippen molar-refractivity contribution in [2.24, 2.45) is 7.05 Å². The van der Waals surface area contributed by atoms with Crippen LogP contribution < -0.4 is 0 Å². The first kappa shape index (κ1) is 8.13. The van der Waals surface area contributed by atoms with Crippen LogP contribution in [-0.4, -0.2) is 31.4 Å². The summed E-state index contributed by atoms with van der Waals surface area (Å²) in [6.07, 6.45) is 0.923. The van der Waals surface area contributed by atoms with E-state index in [1.807, 2.05) is 6.92 Å². The second kappa shape index (κ2) is 3.43. The molecule has 5 nitrogen and oxygen atoms in total. The molecule has 1 atom stereocenters. The Hall–Kier alpha value is -0.970. The molecule has 5 heteroatoms. The van der Waals surface area contributed by atoms with Crippen molar-refractivity contribution in [2.75, 3.05) is 0 Å². The number of hydrogen-bond donors (Lipinski definition) is 1. The molecule has 0 aliphatic carbocycles. The van der Waals surface area contributed by atoms with Gasteiger partial charge >= 0.3 is 0 Å². The lowest BCUT2D eigenvalue weighted by molar-refractivity contribution is 0.167. The summed E-state index contributed by atoms with van der Waals surface area (Å²) in [4.78, 5) is 0. The Balaban J connectivity index is 2.56. The fraction of sp³-hybridized carbons (Fsp3) is 0.833. The van der Waals surface area contributed by atoms with Crippen molar-refractivity contribution in [3.8, 4) is 0 Å². The second-order valence-electron chi connectivity index (χ2n) is 2.48. The molecule has 1 N–H and O–H groups in total. The first-order valence-corrected chi connectivity index (χ1v) is 3.63. The molecule has 11 heavy (non-hydrogen) atoms. The van der Waals surface area contributed by atoms with E-state index in [1.165, 1.54) is 0 Å². The second-order valence-corrected chi connectivity index (χ2v) is 2.48. The molecular formula is C6H12N4O. The van der Waals surface area contributed by atoms with E-state index in [4.69, 9.17) is 0 Å². The molecule has 0 fully saturated rings. The third-order valence-electron chi connectivity index (χ3n) is 1.60. The maximum Gasteiger partial charge on any atom is 0.153 e. The van der Waals surface area contributed by atoms with Crippen molar-refractivity contribution in [1.82, 2.24) is 20.2 Å². The lowest BCUT2D eigenvalue weighted by atomic mass is 10.2. The summed E-state index contributed by atoms with van der Waals surface area (Å²) in [5.74, 6) is 0.722. The molecule has 0 spiro atoms. The van der Waals surface area contributed by atoms with Gasteiger partial charge in [-0.2, -0.15) is 0 Å². The Morgan fingerprint density at radius 2 is 2.36 bits per heavy atom. The van der Waals surface area contributed by atoms with Gasteiger partial charge in [0.2, 0.25) is 0 Å². The van der Waals surface area contributed by atoms with E-state index in [0.29, 0.717) is 6.42 Å². The van der Waals surface area contributed by atoms with Crippen LogP contribution in [0.3, 0.4) is 0 Å². The SMILES string of the molecule is CCC(O)Cc1nnnn1C.